The lowest BCUT2D eigenvalue weighted by Crippen LogP contribution is -2.32. The van der Waals surface area contributed by atoms with Gasteiger partial charge in [-0.3, -0.25) is 4.79 Å². The zero-order chi connectivity index (χ0) is 22.1. The molecule has 8 heteroatoms. The number of carbonyl (C=O) groups is 1. The quantitative estimate of drug-likeness (QED) is 0.462. The van der Waals surface area contributed by atoms with Crippen LogP contribution in [0.25, 0.3) is 11.0 Å². The summed E-state index contributed by atoms with van der Waals surface area (Å²) < 4.78 is 33.6. The highest BCUT2D eigenvalue weighted by Gasteiger charge is 2.27. The molecular weight excluding hydrogens is 468 g/mol. The smallest absolute Gasteiger partial charge is 0.255 e. The van der Waals surface area contributed by atoms with Crippen LogP contribution in [-0.4, -0.2) is 43.7 Å². The van der Waals surface area contributed by atoms with Crippen LogP contribution < -0.4 is 0 Å². The van der Waals surface area contributed by atoms with E-state index in [1.54, 1.807) is 31.9 Å². The number of rotatable bonds is 7. The Balaban J connectivity index is 1.93. The van der Waals surface area contributed by atoms with Gasteiger partial charge in [-0.15, -0.1) is 0 Å². The Morgan fingerprint density at radius 2 is 1.77 bits per heavy atom. The van der Waals surface area contributed by atoms with E-state index >= 15 is 0 Å². The van der Waals surface area contributed by atoms with Gasteiger partial charge in [-0.05, 0) is 53.2 Å². The molecule has 1 heterocycles. The highest BCUT2D eigenvalue weighted by Crippen LogP contribution is 2.30. The maximum atomic E-state index is 13.2. The number of furan rings is 1. The third kappa shape index (κ3) is 4.17. The largest absolute Gasteiger partial charge is 0.459 e. The van der Waals surface area contributed by atoms with Crippen LogP contribution in [0.2, 0.25) is 0 Å². The lowest BCUT2D eigenvalue weighted by atomic mass is 10.1. The van der Waals surface area contributed by atoms with Gasteiger partial charge in [0.05, 0.1) is 16.5 Å². The molecule has 0 N–H and O–H groups in total. The van der Waals surface area contributed by atoms with Gasteiger partial charge in [0.2, 0.25) is 10.0 Å². The number of hydrogen-bond acceptors (Lipinski definition) is 4. The minimum atomic E-state index is -3.67. The number of halogens is 1. The number of sulfonamides is 1. The molecule has 0 aliphatic heterocycles. The second kappa shape index (κ2) is 8.91. The molecule has 0 aliphatic rings. The van der Waals surface area contributed by atoms with Crippen LogP contribution in [0.4, 0.5) is 0 Å². The molecule has 0 saturated carbocycles. The maximum Gasteiger partial charge on any atom is 0.255 e. The molecule has 0 fully saturated rings. The first-order chi connectivity index (χ1) is 14.2. The van der Waals surface area contributed by atoms with E-state index in [1.807, 2.05) is 37.3 Å². The fraction of sp³-hybridized carbons (Fsp3) is 0.318. The Labute approximate surface area is 185 Å². The summed E-state index contributed by atoms with van der Waals surface area (Å²) in [4.78, 5) is 14.9. The van der Waals surface area contributed by atoms with Crippen molar-refractivity contribution in [2.45, 2.75) is 31.7 Å². The summed E-state index contributed by atoms with van der Waals surface area (Å²) in [6.45, 7) is 6.17. The van der Waals surface area contributed by atoms with Crippen LogP contribution in [-0.2, 0) is 10.0 Å². The highest BCUT2D eigenvalue weighted by molar-refractivity contribution is 9.10. The van der Waals surface area contributed by atoms with Crippen LogP contribution in [0.1, 0.15) is 42.9 Å². The van der Waals surface area contributed by atoms with Gasteiger partial charge >= 0.3 is 0 Å². The Kier molecular flexibility index (Phi) is 6.69. The van der Waals surface area contributed by atoms with Gasteiger partial charge in [-0.2, -0.15) is 4.31 Å². The first-order valence-corrected chi connectivity index (χ1v) is 12.0. The second-order valence-corrected chi connectivity index (χ2v) is 9.80. The summed E-state index contributed by atoms with van der Waals surface area (Å²) in [6.07, 6.45) is 0. The predicted molar refractivity (Wildman–Crippen MR) is 121 cm³/mol. The zero-order valence-corrected chi connectivity index (χ0v) is 19.8. The highest BCUT2D eigenvalue weighted by atomic mass is 79.9. The summed E-state index contributed by atoms with van der Waals surface area (Å²) in [6, 6.07) is 13.8. The van der Waals surface area contributed by atoms with Crippen molar-refractivity contribution in [1.82, 2.24) is 9.21 Å². The molecule has 0 spiro atoms. The molecule has 0 aliphatic carbocycles. The summed E-state index contributed by atoms with van der Waals surface area (Å²) in [5, 5.41) is 0.966. The van der Waals surface area contributed by atoms with Crippen molar-refractivity contribution < 1.29 is 17.6 Å². The molecule has 3 rings (SSSR count). The molecule has 3 aromatic rings. The second-order valence-electron chi connectivity index (χ2n) is 7.01. The van der Waals surface area contributed by atoms with Crippen molar-refractivity contribution in [2.24, 2.45) is 0 Å². The van der Waals surface area contributed by atoms with Gasteiger partial charge < -0.3 is 9.32 Å². The molecule has 6 nitrogen and oxygen atoms in total. The molecule has 160 valence electrons. The Hall–Kier alpha value is -2.16. The van der Waals surface area contributed by atoms with E-state index < -0.39 is 10.0 Å². The minimum absolute atomic E-state index is 0.0996. The van der Waals surface area contributed by atoms with Gasteiger partial charge in [-0.1, -0.05) is 32.0 Å². The number of nitrogens with zero attached hydrogens (tertiary/aromatic N) is 2. The fourth-order valence-electron chi connectivity index (χ4n) is 3.31. The molecule has 0 bridgehead atoms. The lowest BCUT2D eigenvalue weighted by Gasteiger charge is -2.24. The van der Waals surface area contributed by atoms with Crippen LogP contribution in [0, 0.1) is 0 Å². The lowest BCUT2D eigenvalue weighted by molar-refractivity contribution is 0.0726. The number of amides is 1. The van der Waals surface area contributed by atoms with E-state index in [0.29, 0.717) is 23.3 Å². The van der Waals surface area contributed by atoms with E-state index in [1.165, 1.54) is 16.4 Å². The van der Waals surface area contributed by atoms with Gasteiger partial charge in [0.25, 0.3) is 5.91 Å². The van der Waals surface area contributed by atoms with Crippen molar-refractivity contribution in [2.75, 3.05) is 20.1 Å². The fourth-order valence-corrected chi connectivity index (χ4v) is 5.21. The van der Waals surface area contributed by atoms with E-state index in [2.05, 4.69) is 15.9 Å². The topological polar surface area (TPSA) is 70.8 Å². The van der Waals surface area contributed by atoms with Crippen molar-refractivity contribution in [3.8, 4) is 0 Å². The summed E-state index contributed by atoms with van der Waals surface area (Å²) in [7, 11) is -1.99. The third-order valence-corrected chi connectivity index (χ3v) is 8.01. The van der Waals surface area contributed by atoms with Crippen LogP contribution in [0.3, 0.4) is 0 Å². The molecule has 0 saturated heterocycles. The van der Waals surface area contributed by atoms with E-state index in [4.69, 9.17) is 4.42 Å². The molecule has 1 unspecified atom stereocenters. The van der Waals surface area contributed by atoms with E-state index in [-0.39, 0.29) is 22.4 Å². The van der Waals surface area contributed by atoms with Crippen LogP contribution in [0.5, 0.6) is 0 Å². The van der Waals surface area contributed by atoms with E-state index in [0.717, 1.165) is 11.0 Å². The molecule has 1 atom stereocenters. The van der Waals surface area contributed by atoms with Crippen LogP contribution >= 0.6 is 15.9 Å². The molecule has 0 radical (unpaired) electrons. The normalized spacial score (nSPS) is 13.0. The van der Waals surface area contributed by atoms with Crippen molar-refractivity contribution in [3.63, 3.8) is 0 Å². The average Bonchev–Trinajstić information content (AvgIpc) is 3.17. The summed E-state index contributed by atoms with van der Waals surface area (Å²) in [5.41, 5.74) is 1.04. The van der Waals surface area contributed by atoms with Gasteiger partial charge in [0.1, 0.15) is 11.3 Å². The van der Waals surface area contributed by atoms with E-state index in [9.17, 15) is 13.2 Å². The number of hydrogen-bond donors (Lipinski definition) is 0. The Morgan fingerprint density at radius 3 is 2.40 bits per heavy atom. The van der Waals surface area contributed by atoms with Crippen molar-refractivity contribution >= 4 is 42.8 Å². The third-order valence-electron chi connectivity index (χ3n) is 5.27. The van der Waals surface area contributed by atoms with Gasteiger partial charge in [-0.25, -0.2) is 8.42 Å². The van der Waals surface area contributed by atoms with Gasteiger partial charge in [0.15, 0.2) is 0 Å². The predicted octanol–water partition coefficient (Wildman–Crippen LogP) is 5.06. The Bertz CT molecular complexity index is 1140. The van der Waals surface area contributed by atoms with Crippen molar-refractivity contribution in [1.29, 1.82) is 0 Å². The summed E-state index contributed by atoms with van der Waals surface area (Å²) in [5.74, 6) is 0.363. The average molecular weight is 493 g/mol. The molecule has 1 amide bonds. The van der Waals surface area contributed by atoms with Crippen molar-refractivity contribution in [3.05, 3.63) is 64.3 Å². The zero-order valence-electron chi connectivity index (χ0n) is 17.4. The van der Waals surface area contributed by atoms with Gasteiger partial charge in [0, 0.05) is 30.0 Å². The number of para-hydroxylation sites is 1. The molecule has 30 heavy (non-hydrogen) atoms. The first kappa shape index (κ1) is 22.5. The minimum Gasteiger partial charge on any atom is -0.459 e. The summed E-state index contributed by atoms with van der Waals surface area (Å²) >= 11 is 3.39. The SMILES string of the molecule is CCN(CC)S(=O)(=O)c1ccc(Br)c(C(=O)N(C)C(C)c2cc3ccccc3o2)c1. The number of fused-ring (bicyclic) bond motifs is 1. The standard InChI is InChI=1S/C22H25BrN2O4S/c1-5-25(6-2)30(27,28)17-11-12-19(23)18(14-17)22(26)24(4)15(3)21-13-16-9-7-8-10-20(16)29-21/h7-15H,5-6H2,1-4H3. The number of carbonyl (C=O) groups excluding carboxylic acids is 1. The number of benzene rings is 2. The maximum absolute atomic E-state index is 13.2. The molecule has 2 aromatic carbocycles. The molecular formula is C22H25BrN2O4S. The first-order valence-electron chi connectivity index (χ1n) is 9.76. The van der Waals surface area contributed by atoms with Crippen LogP contribution in [0.15, 0.2) is 62.3 Å². The molecule has 1 aromatic heterocycles. The Morgan fingerprint density at radius 1 is 1.10 bits per heavy atom. The monoisotopic (exact) mass is 492 g/mol.